The first-order valence-corrected chi connectivity index (χ1v) is 5.31. The van der Waals surface area contributed by atoms with Crippen LogP contribution in [0.4, 0.5) is 5.82 Å². The Morgan fingerprint density at radius 3 is 2.86 bits per heavy atom. The Labute approximate surface area is 94.4 Å². The molecule has 0 amide bonds. The number of rotatable bonds is 1. The molecule has 0 radical (unpaired) electrons. The smallest absolute Gasteiger partial charge is 0.146 e. The lowest BCUT2D eigenvalue weighted by atomic mass is 10.2. The van der Waals surface area contributed by atoms with Gasteiger partial charge in [-0.1, -0.05) is 6.07 Å². The van der Waals surface area contributed by atoms with Crippen LogP contribution < -0.4 is 5.73 Å². The van der Waals surface area contributed by atoms with E-state index in [0.717, 1.165) is 15.4 Å². The van der Waals surface area contributed by atoms with Crippen LogP contribution in [0, 0.1) is 0 Å². The highest BCUT2D eigenvalue weighted by Crippen LogP contribution is 2.25. The number of benzene rings is 1. The van der Waals surface area contributed by atoms with Gasteiger partial charge in [-0.15, -0.1) is 11.6 Å². The summed E-state index contributed by atoms with van der Waals surface area (Å²) >= 11 is 9.06. The van der Waals surface area contributed by atoms with Crippen molar-refractivity contribution in [2.75, 3.05) is 5.73 Å². The van der Waals surface area contributed by atoms with Crippen molar-refractivity contribution < 1.29 is 0 Å². The predicted molar refractivity (Wildman–Crippen MR) is 61.2 cm³/mol. The lowest BCUT2D eigenvalue weighted by Gasteiger charge is -2.04. The van der Waals surface area contributed by atoms with Gasteiger partial charge in [0.05, 0.1) is 11.4 Å². The summed E-state index contributed by atoms with van der Waals surface area (Å²) in [6.45, 7) is 0. The quantitative estimate of drug-likeness (QED) is 0.812. The summed E-state index contributed by atoms with van der Waals surface area (Å²) < 4.78 is 0.899. The average Bonchev–Trinajstić information content (AvgIpc) is 2.19. The predicted octanol–water partition coefficient (Wildman–Crippen LogP) is 2.71. The van der Waals surface area contributed by atoms with Crippen molar-refractivity contribution in [3.63, 3.8) is 0 Å². The zero-order valence-corrected chi connectivity index (χ0v) is 9.51. The molecule has 3 nitrogen and oxygen atoms in total. The van der Waals surface area contributed by atoms with Crippen LogP contribution in [0.2, 0.25) is 0 Å². The van der Waals surface area contributed by atoms with E-state index in [-0.39, 0.29) is 5.88 Å². The van der Waals surface area contributed by atoms with E-state index in [9.17, 15) is 0 Å². The van der Waals surface area contributed by atoms with Crippen molar-refractivity contribution in [1.82, 2.24) is 9.97 Å². The maximum absolute atomic E-state index is 5.77. The lowest BCUT2D eigenvalue weighted by Crippen LogP contribution is -1.99. The highest BCUT2D eigenvalue weighted by atomic mass is 79.9. The van der Waals surface area contributed by atoms with Gasteiger partial charge in [-0.25, -0.2) is 9.97 Å². The third-order valence-corrected chi connectivity index (χ3v) is 2.75. The molecule has 0 bridgehead atoms. The summed E-state index contributed by atoms with van der Waals surface area (Å²) in [5, 5.41) is 0.841. The molecule has 0 aliphatic heterocycles. The Morgan fingerprint density at radius 2 is 2.14 bits per heavy atom. The van der Waals surface area contributed by atoms with Gasteiger partial charge in [0, 0.05) is 9.86 Å². The molecule has 5 heteroatoms. The first-order chi connectivity index (χ1) is 6.72. The van der Waals surface area contributed by atoms with Crippen LogP contribution >= 0.6 is 27.5 Å². The fourth-order valence-electron chi connectivity index (χ4n) is 1.25. The number of hydrogen-bond acceptors (Lipinski definition) is 3. The van der Waals surface area contributed by atoms with E-state index in [2.05, 4.69) is 25.9 Å². The summed E-state index contributed by atoms with van der Waals surface area (Å²) in [6, 6.07) is 5.69. The molecule has 1 heterocycles. The zero-order chi connectivity index (χ0) is 10.1. The number of aromatic nitrogens is 2. The largest absolute Gasteiger partial charge is 0.383 e. The Morgan fingerprint density at radius 1 is 1.36 bits per heavy atom. The van der Waals surface area contributed by atoms with Crippen LogP contribution in [0.25, 0.3) is 10.9 Å². The fourth-order valence-corrected chi connectivity index (χ4v) is 1.82. The molecule has 0 aliphatic carbocycles. The van der Waals surface area contributed by atoms with Crippen LogP contribution in [-0.4, -0.2) is 9.97 Å². The number of alkyl halides is 1. The van der Waals surface area contributed by atoms with Crippen LogP contribution in [0.3, 0.4) is 0 Å². The Bertz CT molecular complexity index is 487. The molecule has 2 aromatic rings. The minimum atomic E-state index is 0.265. The maximum atomic E-state index is 5.77. The molecule has 2 N–H and O–H groups in total. The SMILES string of the molecule is Nc1nc(CCl)nc2c(Br)cccc12. The molecule has 0 atom stereocenters. The Hall–Kier alpha value is -0.870. The maximum Gasteiger partial charge on any atom is 0.146 e. The number of nitrogen functional groups attached to an aromatic ring is 1. The zero-order valence-electron chi connectivity index (χ0n) is 7.17. The minimum absolute atomic E-state index is 0.265. The number of nitrogens with two attached hydrogens (primary N) is 1. The summed E-state index contributed by atoms with van der Waals surface area (Å²) in [5.41, 5.74) is 6.57. The molecular formula is C9H7BrClN3. The van der Waals surface area contributed by atoms with E-state index in [1.54, 1.807) is 0 Å². The van der Waals surface area contributed by atoms with Gasteiger partial charge < -0.3 is 5.73 Å². The molecule has 0 aliphatic rings. The van der Waals surface area contributed by atoms with Crippen LogP contribution in [0.15, 0.2) is 22.7 Å². The summed E-state index contributed by atoms with van der Waals surface area (Å²) in [6.07, 6.45) is 0. The second kappa shape index (κ2) is 3.71. The molecule has 0 fully saturated rings. The van der Waals surface area contributed by atoms with E-state index in [1.807, 2.05) is 18.2 Å². The lowest BCUT2D eigenvalue weighted by molar-refractivity contribution is 1.07. The monoisotopic (exact) mass is 271 g/mol. The van der Waals surface area contributed by atoms with Crippen molar-refractivity contribution in [2.45, 2.75) is 5.88 Å². The van der Waals surface area contributed by atoms with Crippen LogP contribution in [0.5, 0.6) is 0 Å². The number of anilines is 1. The number of fused-ring (bicyclic) bond motifs is 1. The van der Waals surface area contributed by atoms with E-state index < -0.39 is 0 Å². The highest BCUT2D eigenvalue weighted by Gasteiger charge is 2.06. The Kier molecular flexibility index (Phi) is 2.56. The van der Waals surface area contributed by atoms with Crippen molar-refractivity contribution in [2.24, 2.45) is 0 Å². The molecular weight excluding hydrogens is 265 g/mol. The van der Waals surface area contributed by atoms with E-state index in [0.29, 0.717) is 11.6 Å². The molecule has 2 rings (SSSR count). The third-order valence-electron chi connectivity index (χ3n) is 1.87. The standard InChI is InChI=1S/C9H7BrClN3/c10-6-3-1-2-5-8(6)13-7(4-11)14-9(5)12/h1-3H,4H2,(H2,12,13,14). The second-order valence-electron chi connectivity index (χ2n) is 2.79. The summed E-state index contributed by atoms with van der Waals surface area (Å²) in [7, 11) is 0. The van der Waals surface area contributed by atoms with E-state index in [1.165, 1.54) is 0 Å². The average molecular weight is 273 g/mol. The van der Waals surface area contributed by atoms with Crippen molar-refractivity contribution in [3.8, 4) is 0 Å². The number of para-hydroxylation sites is 1. The topological polar surface area (TPSA) is 51.8 Å². The normalized spacial score (nSPS) is 10.7. The van der Waals surface area contributed by atoms with Crippen molar-refractivity contribution in [1.29, 1.82) is 0 Å². The number of hydrogen-bond donors (Lipinski definition) is 1. The number of halogens is 2. The Balaban J connectivity index is 2.83. The van der Waals surface area contributed by atoms with Crippen LogP contribution in [-0.2, 0) is 5.88 Å². The van der Waals surface area contributed by atoms with Gasteiger partial charge in [-0.2, -0.15) is 0 Å². The molecule has 1 aromatic heterocycles. The third kappa shape index (κ3) is 1.55. The number of nitrogens with zero attached hydrogens (tertiary/aromatic N) is 2. The first kappa shape index (κ1) is 9.68. The van der Waals surface area contributed by atoms with Gasteiger partial charge in [0.1, 0.15) is 11.6 Å². The van der Waals surface area contributed by atoms with Gasteiger partial charge in [0.2, 0.25) is 0 Å². The van der Waals surface area contributed by atoms with Gasteiger partial charge in [0.25, 0.3) is 0 Å². The fraction of sp³-hybridized carbons (Fsp3) is 0.111. The summed E-state index contributed by atoms with van der Waals surface area (Å²) in [5.74, 6) is 1.28. The van der Waals surface area contributed by atoms with Gasteiger partial charge in [0.15, 0.2) is 0 Å². The molecule has 14 heavy (non-hydrogen) atoms. The van der Waals surface area contributed by atoms with Crippen molar-refractivity contribution >= 4 is 44.3 Å². The summed E-state index contributed by atoms with van der Waals surface area (Å²) in [4.78, 5) is 8.36. The minimum Gasteiger partial charge on any atom is -0.383 e. The van der Waals surface area contributed by atoms with Gasteiger partial charge in [-0.3, -0.25) is 0 Å². The van der Waals surface area contributed by atoms with Crippen LogP contribution in [0.1, 0.15) is 5.82 Å². The molecule has 0 unspecified atom stereocenters. The first-order valence-electron chi connectivity index (χ1n) is 3.99. The highest BCUT2D eigenvalue weighted by molar-refractivity contribution is 9.10. The van der Waals surface area contributed by atoms with E-state index in [4.69, 9.17) is 17.3 Å². The van der Waals surface area contributed by atoms with Crippen molar-refractivity contribution in [3.05, 3.63) is 28.5 Å². The van der Waals surface area contributed by atoms with Gasteiger partial charge >= 0.3 is 0 Å². The molecule has 0 spiro atoms. The van der Waals surface area contributed by atoms with E-state index >= 15 is 0 Å². The second-order valence-corrected chi connectivity index (χ2v) is 3.92. The molecule has 72 valence electrons. The van der Waals surface area contributed by atoms with Gasteiger partial charge in [-0.05, 0) is 28.1 Å². The molecule has 0 saturated carbocycles. The molecule has 0 saturated heterocycles. The molecule has 1 aromatic carbocycles.